The second kappa shape index (κ2) is 20.4. The van der Waals surface area contributed by atoms with Gasteiger partial charge in [0, 0.05) is 5.92 Å². The Morgan fingerprint density at radius 1 is 0.457 bits per heavy atom. The quantitative estimate of drug-likeness (QED) is 0.172. The summed E-state index contributed by atoms with van der Waals surface area (Å²) in [4.78, 5) is 36.5. The van der Waals surface area contributed by atoms with Crippen molar-refractivity contribution in [2.75, 3.05) is 39.6 Å². The average Bonchev–Trinajstić information content (AvgIpc) is 3.02. The molecule has 0 radical (unpaired) electrons. The first kappa shape index (κ1) is 35.8. The molecule has 3 N–H and O–H groups in total. The Labute approximate surface area is 269 Å². The monoisotopic (exact) mass is 637 g/mol. The maximum Gasteiger partial charge on any atom is 0.412 e. The van der Waals surface area contributed by atoms with E-state index in [1.807, 2.05) is 18.2 Å². The Balaban J connectivity index is 1.41. The van der Waals surface area contributed by atoms with Crippen molar-refractivity contribution in [3.63, 3.8) is 0 Å². The van der Waals surface area contributed by atoms with E-state index in [9.17, 15) is 14.4 Å². The summed E-state index contributed by atoms with van der Waals surface area (Å²) >= 11 is 0. The number of hydrogen-bond donors (Lipinski definition) is 3. The first-order valence-corrected chi connectivity index (χ1v) is 15.1. The van der Waals surface area contributed by atoms with Crippen molar-refractivity contribution in [3.8, 4) is 17.2 Å². The van der Waals surface area contributed by atoms with Crippen LogP contribution in [0.5, 0.6) is 17.2 Å². The van der Waals surface area contributed by atoms with Crippen LogP contribution < -0.4 is 30.2 Å². The molecular weight excluding hydrogens is 594 g/mol. The van der Waals surface area contributed by atoms with Crippen molar-refractivity contribution in [1.29, 1.82) is 0 Å². The highest BCUT2D eigenvalue weighted by Crippen LogP contribution is 2.11. The van der Waals surface area contributed by atoms with Crippen molar-refractivity contribution >= 4 is 18.3 Å². The van der Waals surface area contributed by atoms with Crippen LogP contribution in [0, 0.1) is 5.92 Å². The smallest absolute Gasteiger partial charge is 0.410 e. The SMILES string of the molecule is CC(COCC(COCC(C)NC(=O)Oc1ccccc1)COCC(C)NC(=O)Oc1ccccc1)NC(=O)Oc1ccccc1. The number of amides is 3. The zero-order valence-corrected chi connectivity index (χ0v) is 26.4. The molecule has 0 aliphatic rings. The van der Waals surface area contributed by atoms with Crippen molar-refractivity contribution < 1.29 is 42.8 Å². The largest absolute Gasteiger partial charge is 0.412 e. The third-order valence-electron chi connectivity index (χ3n) is 6.12. The van der Waals surface area contributed by atoms with Gasteiger partial charge in [0.25, 0.3) is 0 Å². The number of nitrogens with one attached hydrogen (secondary N) is 3. The fourth-order valence-electron chi connectivity index (χ4n) is 3.98. The molecule has 0 fully saturated rings. The Hall–Kier alpha value is -4.65. The minimum atomic E-state index is -0.579. The number of ether oxygens (including phenoxy) is 6. The molecule has 0 bridgehead atoms. The van der Waals surface area contributed by atoms with E-state index in [0.717, 1.165) is 0 Å². The fourth-order valence-corrected chi connectivity index (χ4v) is 3.98. The summed E-state index contributed by atoms with van der Waals surface area (Å²) in [5.74, 6) is 1.14. The molecule has 12 nitrogen and oxygen atoms in total. The predicted molar refractivity (Wildman–Crippen MR) is 171 cm³/mol. The lowest BCUT2D eigenvalue weighted by molar-refractivity contribution is -0.0143. The molecular formula is C34H43N3O9. The van der Waals surface area contributed by atoms with Gasteiger partial charge in [-0.25, -0.2) is 14.4 Å². The molecule has 0 aliphatic carbocycles. The van der Waals surface area contributed by atoms with Crippen molar-refractivity contribution in [2.24, 2.45) is 5.92 Å². The van der Waals surface area contributed by atoms with Gasteiger partial charge in [0.2, 0.25) is 0 Å². The van der Waals surface area contributed by atoms with Crippen LogP contribution in [0.1, 0.15) is 20.8 Å². The predicted octanol–water partition coefficient (Wildman–Crippen LogP) is 5.18. The van der Waals surface area contributed by atoms with Gasteiger partial charge in [0.15, 0.2) is 0 Å². The third-order valence-corrected chi connectivity index (χ3v) is 6.12. The summed E-state index contributed by atoms with van der Waals surface area (Å²) in [6.07, 6.45) is -1.74. The molecule has 3 aromatic rings. The highest BCUT2D eigenvalue weighted by molar-refractivity contribution is 5.71. The number of rotatable bonds is 18. The van der Waals surface area contributed by atoms with Gasteiger partial charge >= 0.3 is 18.3 Å². The maximum absolute atomic E-state index is 12.2. The summed E-state index contributed by atoms with van der Waals surface area (Å²) in [7, 11) is 0. The lowest BCUT2D eigenvalue weighted by Gasteiger charge is -2.22. The van der Waals surface area contributed by atoms with Gasteiger partial charge < -0.3 is 44.4 Å². The number of hydrogen-bond acceptors (Lipinski definition) is 9. The minimum Gasteiger partial charge on any atom is -0.410 e. The third kappa shape index (κ3) is 15.4. The Morgan fingerprint density at radius 2 is 0.717 bits per heavy atom. The van der Waals surface area contributed by atoms with Crippen molar-refractivity contribution in [2.45, 2.75) is 38.9 Å². The van der Waals surface area contributed by atoms with Crippen LogP contribution in [0.25, 0.3) is 0 Å². The number of carbonyl (C=O) groups excluding carboxylic acids is 3. The van der Waals surface area contributed by atoms with Gasteiger partial charge in [-0.2, -0.15) is 0 Å². The van der Waals surface area contributed by atoms with E-state index in [4.69, 9.17) is 28.4 Å². The molecule has 0 aliphatic heterocycles. The highest BCUT2D eigenvalue weighted by atomic mass is 16.6. The standard InChI is InChI=1S/C34H43N3O9/c1-25(35-32(38)44-29-13-7-4-8-14-29)19-41-22-28(23-42-20-26(2)36-33(39)45-30-15-9-5-10-16-30)24-43-21-27(3)37-34(40)46-31-17-11-6-12-18-31/h4-18,25-28H,19-24H2,1-3H3,(H,35,38)(H,36,39)(H,37,40). The summed E-state index contributed by atoms with van der Waals surface area (Å²) in [5, 5.41) is 8.21. The van der Waals surface area contributed by atoms with Crippen LogP contribution >= 0.6 is 0 Å². The highest BCUT2D eigenvalue weighted by Gasteiger charge is 2.17. The second-order valence-corrected chi connectivity index (χ2v) is 10.7. The van der Waals surface area contributed by atoms with E-state index < -0.39 is 18.3 Å². The van der Waals surface area contributed by atoms with E-state index in [-0.39, 0.29) is 63.7 Å². The van der Waals surface area contributed by atoms with E-state index in [1.165, 1.54) is 0 Å². The molecule has 3 unspecified atom stereocenters. The molecule has 0 spiro atoms. The lowest BCUT2D eigenvalue weighted by atomic mass is 10.2. The molecule has 0 saturated carbocycles. The molecule has 46 heavy (non-hydrogen) atoms. The zero-order valence-electron chi connectivity index (χ0n) is 26.4. The van der Waals surface area contributed by atoms with Gasteiger partial charge in [-0.1, -0.05) is 54.6 Å². The summed E-state index contributed by atoms with van der Waals surface area (Å²) in [6.45, 7) is 6.92. The molecule has 3 aromatic carbocycles. The molecule has 3 amide bonds. The first-order valence-electron chi connectivity index (χ1n) is 15.1. The molecule has 0 aromatic heterocycles. The van der Waals surface area contributed by atoms with Gasteiger partial charge in [0.05, 0.1) is 57.8 Å². The fraction of sp³-hybridized carbons (Fsp3) is 0.382. The minimum absolute atomic E-state index is 0.185. The number of carbonyl (C=O) groups is 3. The topological polar surface area (TPSA) is 143 Å². The normalized spacial score (nSPS) is 13.4. The molecule has 3 rings (SSSR count). The summed E-state index contributed by atoms with van der Waals surface area (Å²) in [6, 6.07) is 25.3. The number of benzene rings is 3. The maximum atomic E-state index is 12.2. The molecule has 0 saturated heterocycles. The van der Waals surface area contributed by atoms with Crippen molar-refractivity contribution in [3.05, 3.63) is 91.0 Å². The Morgan fingerprint density at radius 3 is 0.978 bits per heavy atom. The summed E-state index contributed by atoms with van der Waals surface area (Å²) in [5.41, 5.74) is 0. The van der Waals surface area contributed by atoms with Crippen LogP contribution in [0.3, 0.4) is 0 Å². The average molecular weight is 638 g/mol. The van der Waals surface area contributed by atoms with Crippen LogP contribution in [0.4, 0.5) is 14.4 Å². The Kier molecular flexibility index (Phi) is 15.9. The van der Waals surface area contributed by atoms with Gasteiger partial charge in [-0.15, -0.1) is 0 Å². The molecule has 12 heteroatoms. The van der Waals surface area contributed by atoms with Crippen LogP contribution in [0.2, 0.25) is 0 Å². The molecule has 248 valence electrons. The van der Waals surface area contributed by atoms with Gasteiger partial charge in [-0.05, 0) is 57.2 Å². The second-order valence-electron chi connectivity index (χ2n) is 10.7. The van der Waals surface area contributed by atoms with Crippen LogP contribution in [0.15, 0.2) is 91.0 Å². The van der Waals surface area contributed by atoms with Gasteiger partial charge in [0.1, 0.15) is 17.2 Å². The van der Waals surface area contributed by atoms with Crippen molar-refractivity contribution in [1.82, 2.24) is 16.0 Å². The van der Waals surface area contributed by atoms with Gasteiger partial charge in [-0.3, -0.25) is 0 Å². The van der Waals surface area contributed by atoms with E-state index >= 15 is 0 Å². The summed E-state index contributed by atoms with van der Waals surface area (Å²) < 4.78 is 33.4. The van der Waals surface area contributed by atoms with Crippen LogP contribution in [-0.4, -0.2) is 76.0 Å². The zero-order chi connectivity index (χ0) is 33.0. The van der Waals surface area contributed by atoms with E-state index in [2.05, 4.69) is 16.0 Å². The lowest BCUT2D eigenvalue weighted by Crippen LogP contribution is -2.40. The number of para-hydroxylation sites is 3. The molecule has 3 atom stereocenters. The van der Waals surface area contributed by atoms with E-state index in [1.54, 1.807) is 93.6 Å². The van der Waals surface area contributed by atoms with E-state index in [0.29, 0.717) is 17.2 Å². The van der Waals surface area contributed by atoms with Crippen LogP contribution in [-0.2, 0) is 14.2 Å². The Bertz CT molecular complexity index is 1140. The first-order chi connectivity index (χ1) is 22.3. The molecule has 0 heterocycles.